The Morgan fingerprint density at radius 2 is 1.42 bits per heavy atom. The fourth-order valence-electron chi connectivity index (χ4n) is 2.62. The van der Waals surface area contributed by atoms with Crippen LogP contribution in [0.15, 0.2) is 18.2 Å². The summed E-state index contributed by atoms with van der Waals surface area (Å²) in [4.78, 5) is 0. The lowest BCUT2D eigenvalue weighted by atomic mass is 10.00. The Balaban J connectivity index is 3.31. The van der Waals surface area contributed by atoms with Gasteiger partial charge in [0.05, 0.1) is 12.2 Å². The number of hydrogen-bond donors (Lipinski definition) is 0. The monoisotopic (exact) mass is 406 g/mol. The molecule has 0 aromatic heterocycles. The van der Waals surface area contributed by atoms with Crippen molar-refractivity contribution in [2.24, 2.45) is 0 Å². The lowest BCUT2D eigenvalue weighted by molar-refractivity contribution is 0.0363. The van der Waals surface area contributed by atoms with Crippen molar-refractivity contribution in [3.05, 3.63) is 33.8 Å². The van der Waals surface area contributed by atoms with Crippen molar-refractivity contribution in [1.29, 1.82) is 0 Å². The summed E-state index contributed by atoms with van der Waals surface area (Å²) in [6, 6.07) is 5.64. The van der Waals surface area contributed by atoms with Crippen molar-refractivity contribution < 1.29 is 8.85 Å². The summed E-state index contributed by atoms with van der Waals surface area (Å²) in [5.74, 6) is 0. The van der Waals surface area contributed by atoms with E-state index in [-0.39, 0.29) is 12.2 Å². The van der Waals surface area contributed by atoms with E-state index in [0.29, 0.717) is 10.0 Å². The average Bonchev–Trinajstić information content (AvgIpc) is 2.39. The Kier molecular flexibility index (Phi) is 8.50. The molecule has 0 heterocycles. The number of unbranched alkanes of at least 4 members (excludes halogenated alkanes) is 1. The first-order valence-corrected chi connectivity index (χ1v) is 16.3. The summed E-state index contributed by atoms with van der Waals surface area (Å²) in [6.45, 7) is 15.4. The Bertz CT molecular complexity index is 504. The number of halogens is 2. The van der Waals surface area contributed by atoms with Crippen LogP contribution in [0.3, 0.4) is 0 Å². The summed E-state index contributed by atoms with van der Waals surface area (Å²) in [6.07, 6.45) is 2.96. The Labute approximate surface area is 160 Å². The average molecular weight is 408 g/mol. The van der Waals surface area contributed by atoms with E-state index in [1.807, 2.05) is 18.2 Å². The first kappa shape index (κ1) is 22.2. The van der Waals surface area contributed by atoms with Crippen LogP contribution in [0.5, 0.6) is 0 Å². The highest BCUT2D eigenvalue weighted by Gasteiger charge is 2.35. The van der Waals surface area contributed by atoms with E-state index in [1.54, 1.807) is 0 Å². The second-order valence-corrected chi connectivity index (χ2v) is 17.9. The quantitative estimate of drug-likeness (QED) is 0.400. The van der Waals surface area contributed by atoms with E-state index in [9.17, 15) is 0 Å². The molecule has 1 aromatic carbocycles. The van der Waals surface area contributed by atoms with E-state index in [1.165, 1.54) is 0 Å². The molecule has 1 rings (SSSR count). The van der Waals surface area contributed by atoms with E-state index >= 15 is 0 Å². The Morgan fingerprint density at radius 3 is 1.83 bits per heavy atom. The van der Waals surface area contributed by atoms with Crippen LogP contribution < -0.4 is 0 Å². The molecule has 0 radical (unpaired) electrons. The van der Waals surface area contributed by atoms with Crippen LogP contribution >= 0.6 is 23.2 Å². The SMILES string of the molecule is CCCCC(O[Si](C)(C)C)C(O[Si](C)(C)C)c1c(Cl)cccc1Cl. The molecular weight excluding hydrogens is 375 g/mol. The minimum absolute atomic E-state index is 0.0132. The lowest BCUT2D eigenvalue weighted by Gasteiger charge is -2.37. The number of benzene rings is 1. The van der Waals surface area contributed by atoms with Crippen molar-refractivity contribution in [3.63, 3.8) is 0 Å². The third-order valence-electron chi connectivity index (χ3n) is 3.45. The van der Waals surface area contributed by atoms with Crippen LogP contribution in [0.4, 0.5) is 0 Å². The van der Waals surface area contributed by atoms with E-state index < -0.39 is 16.6 Å². The molecule has 0 saturated carbocycles. The van der Waals surface area contributed by atoms with Gasteiger partial charge in [0.2, 0.25) is 0 Å². The molecular formula is C18H32Cl2O2Si2. The van der Waals surface area contributed by atoms with Gasteiger partial charge in [0.1, 0.15) is 0 Å². The van der Waals surface area contributed by atoms with Crippen molar-refractivity contribution in [3.8, 4) is 0 Å². The largest absolute Gasteiger partial charge is 0.412 e. The highest BCUT2D eigenvalue weighted by molar-refractivity contribution is 6.70. The minimum Gasteiger partial charge on any atom is -0.412 e. The molecule has 6 heteroatoms. The molecule has 0 bridgehead atoms. The molecule has 138 valence electrons. The highest BCUT2D eigenvalue weighted by atomic mass is 35.5. The molecule has 0 aliphatic heterocycles. The van der Waals surface area contributed by atoms with Gasteiger partial charge in [0, 0.05) is 15.6 Å². The van der Waals surface area contributed by atoms with Gasteiger partial charge in [-0.25, -0.2) is 0 Å². The van der Waals surface area contributed by atoms with Gasteiger partial charge in [-0.2, -0.15) is 0 Å². The summed E-state index contributed by atoms with van der Waals surface area (Å²) in [7, 11) is -3.53. The molecule has 0 fully saturated rings. The first-order chi connectivity index (χ1) is 10.9. The van der Waals surface area contributed by atoms with Crippen LogP contribution in [0.25, 0.3) is 0 Å². The van der Waals surface area contributed by atoms with E-state index in [2.05, 4.69) is 46.2 Å². The molecule has 24 heavy (non-hydrogen) atoms. The molecule has 0 aliphatic carbocycles. The lowest BCUT2D eigenvalue weighted by Crippen LogP contribution is -2.40. The fourth-order valence-corrected chi connectivity index (χ4v) is 5.41. The summed E-state index contributed by atoms with van der Waals surface area (Å²) < 4.78 is 13.1. The predicted octanol–water partition coefficient (Wildman–Crippen LogP) is 7.30. The third kappa shape index (κ3) is 7.58. The third-order valence-corrected chi connectivity index (χ3v) is 6.08. The maximum absolute atomic E-state index is 6.56. The predicted molar refractivity (Wildman–Crippen MR) is 111 cm³/mol. The molecule has 2 nitrogen and oxygen atoms in total. The van der Waals surface area contributed by atoms with Crippen LogP contribution in [-0.2, 0) is 8.85 Å². The maximum atomic E-state index is 6.56. The van der Waals surface area contributed by atoms with Gasteiger partial charge in [0.25, 0.3) is 0 Å². The summed E-state index contributed by atoms with van der Waals surface area (Å²) >= 11 is 13.0. The van der Waals surface area contributed by atoms with Gasteiger partial charge >= 0.3 is 0 Å². The summed E-state index contributed by atoms with van der Waals surface area (Å²) in [5.41, 5.74) is 0.877. The van der Waals surface area contributed by atoms with Crippen molar-refractivity contribution in [2.75, 3.05) is 0 Å². The Hall–Kier alpha value is 0.154. The van der Waals surface area contributed by atoms with Crippen molar-refractivity contribution in [2.45, 2.75) is 77.7 Å². The van der Waals surface area contributed by atoms with Crippen LogP contribution in [0, 0.1) is 0 Å². The zero-order chi connectivity index (χ0) is 18.5. The van der Waals surface area contributed by atoms with E-state index in [4.69, 9.17) is 32.1 Å². The van der Waals surface area contributed by atoms with Gasteiger partial charge < -0.3 is 8.85 Å². The molecule has 1 aromatic rings. The normalized spacial score (nSPS) is 15.4. The minimum atomic E-state index is -1.81. The second kappa shape index (κ2) is 9.20. The number of hydrogen-bond acceptors (Lipinski definition) is 2. The Morgan fingerprint density at radius 1 is 0.917 bits per heavy atom. The zero-order valence-electron chi connectivity index (χ0n) is 16.1. The van der Waals surface area contributed by atoms with E-state index in [0.717, 1.165) is 24.8 Å². The molecule has 0 spiro atoms. The topological polar surface area (TPSA) is 18.5 Å². The van der Waals surface area contributed by atoms with Crippen molar-refractivity contribution in [1.82, 2.24) is 0 Å². The first-order valence-electron chi connectivity index (χ1n) is 8.74. The van der Waals surface area contributed by atoms with Gasteiger partial charge in [-0.3, -0.25) is 0 Å². The van der Waals surface area contributed by atoms with Gasteiger partial charge in [-0.1, -0.05) is 49.0 Å². The maximum Gasteiger partial charge on any atom is 0.184 e. The van der Waals surface area contributed by atoms with Gasteiger partial charge in [0.15, 0.2) is 16.6 Å². The molecule has 0 saturated heterocycles. The zero-order valence-corrected chi connectivity index (χ0v) is 19.6. The molecule has 0 amide bonds. The highest BCUT2D eigenvalue weighted by Crippen LogP contribution is 2.39. The fraction of sp³-hybridized carbons (Fsp3) is 0.667. The van der Waals surface area contributed by atoms with Crippen LogP contribution in [-0.4, -0.2) is 22.7 Å². The van der Waals surface area contributed by atoms with Crippen molar-refractivity contribution >= 4 is 39.8 Å². The molecule has 0 N–H and O–H groups in total. The standard InChI is InChI=1S/C18H32Cl2O2Si2/c1-8-9-13-16(21-23(2,3)4)18(22-24(5,6)7)17-14(19)11-10-12-15(17)20/h10-12,16,18H,8-9,13H2,1-7H3. The molecule has 0 aliphatic rings. The smallest absolute Gasteiger partial charge is 0.184 e. The second-order valence-electron chi connectivity index (χ2n) is 8.20. The van der Waals surface area contributed by atoms with Gasteiger partial charge in [-0.05, 0) is 57.8 Å². The number of rotatable bonds is 9. The molecule has 2 unspecified atom stereocenters. The summed E-state index contributed by atoms with van der Waals surface area (Å²) in [5, 5.41) is 1.32. The molecule has 2 atom stereocenters. The van der Waals surface area contributed by atoms with Crippen LogP contribution in [0.2, 0.25) is 49.3 Å². The van der Waals surface area contributed by atoms with Crippen LogP contribution in [0.1, 0.15) is 37.9 Å². The van der Waals surface area contributed by atoms with Gasteiger partial charge in [-0.15, -0.1) is 0 Å².